The SMILES string of the molecule is CC(=O)SC1CNC2(CCCCC2)C1. The Bertz CT molecular complexity index is 223. The van der Waals surface area contributed by atoms with Crippen LogP contribution in [0.15, 0.2) is 0 Å². The van der Waals surface area contributed by atoms with Crippen LogP contribution in [0, 0.1) is 0 Å². The molecule has 2 rings (SSSR count). The van der Waals surface area contributed by atoms with E-state index < -0.39 is 0 Å². The van der Waals surface area contributed by atoms with E-state index in [1.807, 2.05) is 0 Å². The molecule has 1 unspecified atom stereocenters. The third-order valence-corrected chi connectivity index (χ3v) is 4.47. The summed E-state index contributed by atoms with van der Waals surface area (Å²) >= 11 is 1.53. The van der Waals surface area contributed by atoms with E-state index in [2.05, 4.69) is 5.32 Å². The van der Waals surface area contributed by atoms with Gasteiger partial charge in [0.1, 0.15) is 0 Å². The van der Waals surface area contributed by atoms with E-state index >= 15 is 0 Å². The van der Waals surface area contributed by atoms with Gasteiger partial charge < -0.3 is 5.32 Å². The highest BCUT2D eigenvalue weighted by Gasteiger charge is 2.39. The molecular formula is C11H19NOS. The summed E-state index contributed by atoms with van der Waals surface area (Å²) in [4.78, 5) is 11.0. The predicted molar refractivity (Wildman–Crippen MR) is 60.5 cm³/mol. The smallest absolute Gasteiger partial charge is 0.186 e. The second-order valence-electron chi connectivity index (χ2n) is 4.66. The van der Waals surface area contributed by atoms with Crippen LogP contribution in [0.3, 0.4) is 0 Å². The maximum atomic E-state index is 11.0. The van der Waals surface area contributed by atoms with Crippen LogP contribution in [0.25, 0.3) is 0 Å². The normalized spacial score (nSPS) is 30.8. The highest BCUT2D eigenvalue weighted by atomic mass is 32.2. The van der Waals surface area contributed by atoms with E-state index in [0.717, 1.165) is 6.54 Å². The van der Waals surface area contributed by atoms with Gasteiger partial charge in [-0.05, 0) is 19.3 Å². The molecule has 0 bridgehead atoms. The number of nitrogens with one attached hydrogen (secondary N) is 1. The Labute approximate surface area is 90.2 Å². The average Bonchev–Trinajstić information content (AvgIpc) is 2.49. The molecule has 2 nitrogen and oxygen atoms in total. The van der Waals surface area contributed by atoms with Crippen LogP contribution >= 0.6 is 11.8 Å². The molecule has 2 aliphatic rings. The van der Waals surface area contributed by atoms with Gasteiger partial charge in [-0.25, -0.2) is 0 Å². The lowest BCUT2D eigenvalue weighted by Gasteiger charge is -2.33. The van der Waals surface area contributed by atoms with E-state index in [9.17, 15) is 4.79 Å². The van der Waals surface area contributed by atoms with Crippen molar-refractivity contribution in [3.8, 4) is 0 Å². The van der Waals surface area contributed by atoms with Crippen molar-refractivity contribution in [2.45, 2.75) is 56.2 Å². The number of thioether (sulfide) groups is 1. The number of hydrogen-bond acceptors (Lipinski definition) is 3. The standard InChI is InChI=1S/C11H19NOS/c1-9(13)14-10-7-11(12-8-10)5-3-2-4-6-11/h10,12H,2-8H2,1H3. The van der Waals surface area contributed by atoms with Crippen LogP contribution in [-0.2, 0) is 4.79 Å². The van der Waals surface area contributed by atoms with E-state index in [0.29, 0.717) is 10.8 Å². The molecule has 1 aliphatic heterocycles. The summed E-state index contributed by atoms with van der Waals surface area (Å²) in [6.45, 7) is 2.71. The second-order valence-corrected chi connectivity index (χ2v) is 6.13. The molecule has 1 saturated heterocycles. The summed E-state index contributed by atoms with van der Waals surface area (Å²) in [5, 5.41) is 4.46. The predicted octanol–water partition coefficient (Wildman–Crippen LogP) is 2.33. The molecule has 0 aromatic carbocycles. The quantitative estimate of drug-likeness (QED) is 0.725. The minimum Gasteiger partial charge on any atom is -0.310 e. The Morgan fingerprint density at radius 1 is 1.36 bits per heavy atom. The van der Waals surface area contributed by atoms with Crippen molar-refractivity contribution in [3.05, 3.63) is 0 Å². The highest BCUT2D eigenvalue weighted by molar-refractivity contribution is 8.14. The van der Waals surface area contributed by atoms with Gasteiger partial charge >= 0.3 is 0 Å². The van der Waals surface area contributed by atoms with Gasteiger partial charge in [0.25, 0.3) is 0 Å². The van der Waals surface area contributed by atoms with Gasteiger partial charge in [-0.15, -0.1) is 0 Å². The van der Waals surface area contributed by atoms with Crippen molar-refractivity contribution < 1.29 is 4.79 Å². The Morgan fingerprint density at radius 2 is 2.07 bits per heavy atom. The molecule has 0 aromatic heterocycles. The van der Waals surface area contributed by atoms with E-state index in [4.69, 9.17) is 0 Å². The first kappa shape index (κ1) is 10.5. The van der Waals surface area contributed by atoms with E-state index in [1.54, 1.807) is 6.92 Å². The van der Waals surface area contributed by atoms with Crippen molar-refractivity contribution in [2.75, 3.05) is 6.54 Å². The van der Waals surface area contributed by atoms with Crippen LogP contribution in [0.4, 0.5) is 0 Å². The maximum absolute atomic E-state index is 11.0. The lowest BCUT2D eigenvalue weighted by molar-refractivity contribution is -0.109. The topological polar surface area (TPSA) is 29.1 Å². The molecule has 0 aromatic rings. The zero-order chi connectivity index (χ0) is 10.0. The number of carbonyl (C=O) groups excluding carboxylic acids is 1. The summed E-state index contributed by atoms with van der Waals surface area (Å²) in [5.41, 5.74) is 0.408. The largest absolute Gasteiger partial charge is 0.310 e. The van der Waals surface area contributed by atoms with Gasteiger partial charge in [0.15, 0.2) is 5.12 Å². The van der Waals surface area contributed by atoms with Crippen LogP contribution in [0.1, 0.15) is 45.4 Å². The van der Waals surface area contributed by atoms with Gasteiger partial charge in [-0.3, -0.25) is 4.79 Å². The first-order valence-electron chi connectivity index (χ1n) is 5.62. The molecule has 80 valence electrons. The fourth-order valence-electron chi connectivity index (χ4n) is 2.84. The molecule has 1 aliphatic carbocycles. The fraction of sp³-hybridized carbons (Fsp3) is 0.909. The number of rotatable bonds is 1. The summed E-state index contributed by atoms with van der Waals surface area (Å²) in [6, 6.07) is 0. The number of hydrogen-bond donors (Lipinski definition) is 1. The first-order chi connectivity index (χ1) is 6.70. The lowest BCUT2D eigenvalue weighted by atomic mass is 9.81. The van der Waals surface area contributed by atoms with Gasteiger partial charge in [0.05, 0.1) is 0 Å². The van der Waals surface area contributed by atoms with E-state index in [1.165, 1.54) is 50.3 Å². The summed E-state index contributed by atoms with van der Waals surface area (Å²) < 4.78 is 0. The molecule has 1 atom stereocenters. The zero-order valence-corrected chi connectivity index (χ0v) is 9.66. The van der Waals surface area contributed by atoms with Crippen molar-refractivity contribution in [1.29, 1.82) is 0 Å². The monoisotopic (exact) mass is 213 g/mol. The van der Waals surface area contributed by atoms with E-state index in [-0.39, 0.29) is 5.12 Å². The third kappa shape index (κ3) is 2.31. The van der Waals surface area contributed by atoms with Crippen LogP contribution in [0.5, 0.6) is 0 Å². The molecule has 2 fully saturated rings. The minimum absolute atomic E-state index is 0.268. The van der Waals surface area contributed by atoms with Gasteiger partial charge in [0, 0.05) is 24.3 Å². The molecule has 14 heavy (non-hydrogen) atoms. The molecular weight excluding hydrogens is 194 g/mol. The zero-order valence-electron chi connectivity index (χ0n) is 8.84. The minimum atomic E-state index is 0.268. The molecule has 1 saturated carbocycles. The summed E-state index contributed by atoms with van der Waals surface area (Å²) in [7, 11) is 0. The molecule has 1 heterocycles. The van der Waals surface area contributed by atoms with Crippen LogP contribution < -0.4 is 5.32 Å². The fourth-order valence-corrected chi connectivity index (χ4v) is 3.88. The maximum Gasteiger partial charge on any atom is 0.186 e. The van der Waals surface area contributed by atoms with Crippen molar-refractivity contribution in [3.63, 3.8) is 0 Å². The summed E-state index contributed by atoms with van der Waals surface area (Å²) in [6.07, 6.45) is 7.98. The Kier molecular flexibility index (Phi) is 3.17. The van der Waals surface area contributed by atoms with Crippen LogP contribution in [-0.4, -0.2) is 22.4 Å². The Morgan fingerprint density at radius 3 is 2.71 bits per heavy atom. The second kappa shape index (κ2) is 4.23. The third-order valence-electron chi connectivity index (χ3n) is 3.47. The molecule has 3 heteroatoms. The van der Waals surface area contributed by atoms with Gasteiger partial charge in [-0.2, -0.15) is 0 Å². The van der Waals surface area contributed by atoms with Crippen molar-refractivity contribution in [1.82, 2.24) is 5.32 Å². The first-order valence-corrected chi connectivity index (χ1v) is 6.50. The summed E-state index contributed by atoms with van der Waals surface area (Å²) in [5.74, 6) is 0. The van der Waals surface area contributed by atoms with Gasteiger partial charge in [-0.1, -0.05) is 31.0 Å². The lowest BCUT2D eigenvalue weighted by Crippen LogP contribution is -2.41. The van der Waals surface area contributed by atoms with Crippen LogP contribution in [0.2, 0.25) is 0 Å². The molecule has 1 spiro atoms. The van der Waals surface area contributed by atoms with Gasteiger partial charge in [0.2, 0.25) is 0 Å². The molecule has 1 N–H and O–H groups in total. The average molecular weight is 213 g/mol. The number of carbonyl (C=O) groups is 1. The molecule has 0 radical (unpaired) electrons. The Hall–Kier alpha value is -0.0200. The van der Waals surface area contributed by atoms with Crippen molar-refractivity contribution in [2.24, 2.45) is 0 Å². The molecule has 0 amide bonds. The highest BCUT2D eigenvalue weighted by Crippen LogP contribution is 2.38. The van der Waals surface area contributed by atoms with Crippen molar-refractivity contribution >= 4 is 16.9 Å². The Balaban J connectivity index is 1.89.